The lowest BCUT2D eigenvalue weighted by molar-refractivity contribution is -0.118. The summed E-state index contributed by atoms with van der Waals surface area (Å²) in [6, 6.07) is 24.5. The largest absolute Gasteiger partial charge is 0.444 e. The third-order valence-electron chi connectivity index (χ3n) is 6.08. The molecule has 1 atom stereocenters. The number of carbonyl (C=O) groups is 2. The molecule has 2 amide bonds. The monoisotopic (exact) mass is 542 g/mol. The Kier molecular flexibility index (Phi) is 8.43. The van der Waals surface area contributed by atoms with Crippen molar-refractivity contribution in [2.24, 2.45) is 7.05 Å². The van der Waals surface area contributed by atoms with Gasteiger partial charge in [0.1, 0.15) is 17.5 Å². The van der Waals surface area contributed by atoms with E-state index < -0.39 is 35.4 Å². The second-order valence-electron chi connectivity index (χ2n) is 10.3. The molecule has 4 aromatic rings. The molecule has 206 valence electrons. The number of anilines is 1. The van der Waals surface area contributed by atoms with Gasteiger partial charge in [-0.25, -0.2) is 13.9 Å². The molecule has 3 aromatic carbocycles. The molecule has 8 nitrogen and oxygen atoms in total. The maximum absolute atomic E-state index is 15.1. The molecule has 1 heterocycles. The van der Waals surface area contributed by atoms with E-state index in [9.17, 15) is 14.4 Å². The molecule has 0 radical (unpaired) electrons. The molecule has 0 saturated heterocycles. The maximum Gasteiger partial charge on any atom is 0.408 e. The number of halogens is 1. The van der Waals surface area contributed by atoms with Crippen LogP contribution in [0.1, 0.15) is 37.8 Å². The molecule has 0 spiro atoms. The van der Waals surface area contributed by atoms with Crippen molar-refractivity contribution >= 4 is 17.7 Å². The topological polar surface area (TPSA) is 102 Å². The fraction of sp³-hybridized carbons (Fsp3) is 0.226. The van der Waals surface area contributed by atoms with E-state index in [1.807, 2.05) is 60.7 Å². The standard InChI is InChI=1S/C31H31FN4O4/c1-31(2,3)40-30(39)34-28(27(20-11-7-5-8-12-20)21-13-9-6-10-14-21)29(38)33-22-15-16-23(24(32)19-22)25-17-18-26(37)36(4)35-25/h5-19,27-28H,1-4H3,(H,33,38)(H,34,39)/t28-/m0/s1. The van der Waals surface area contributed by atoms with E-state index in [2.05, 4.69) is 15.7 Å². The van der Waals surface area contributed by atoms with Crippen molar-refractivity contribution in [2.75, 3.05) is 5.32 Å². The third kappa shape index (κ3) is 6.99. The SMILES string of the molecule is Cn1nc(-c2ccc(NC(=O)[C@@H](NC(=O)OC(C)(C)C)C(c3ccccc3)c3ccccc3)cc2F)ccc1=O. The number of carbonyl (C=O) groups excluding carboxylic acids is 2. The summed E-state index contributed by atoms with van der Waals surface area (Å²) in [7, 11) is 1.48. The number of aromatic nitrogens is 2. The highest BCUT2D eigenvalue weighted by molar-refractivity contribution is 5.98. The lowest BCUT2D eigenvalue weighted by Crippen LogP contribution is -2.49. The van der Waals surface area contributed by atoms with Crippen LogP contribution in [0.15, 0.2) is 95.8 Å². The summed E-state index contributed by atoms with van der Waals surface area (Å²) < 4.78 is 21.7. The van der Waals surface area contributed by atoms with Gasteiger partial charge in [-0.15, -0.1) is 0 Å². The Balaban J connectivity index is 1.69. The van der Waals surface area contributed by atoms with E-state index >= 15 is 4.39 Å². The predicted octanol–water partition coefficient (Wildman–Crippen LogP) is 5.25. The molecular weight excluding hydrogens is 511 g/mol. The molecule has 0 unspecified atom stereocenters. The van der Waals surface area contributed by atoms with Crippen LogP contribution in [0.2, 0.25) is 0 Å². The number of benzene rings is 3. The Morgan fingerprint density at radius 3 is 2.02 bits per heavy atom. The number of amides is 2. The van der Waals surface area contributed by atoms with Crippen molar-refractivity contribution in [3.63, 3.8) is 0 Å². The molecule has 0 aliphatic carbocycles. The normalized spacial score (nSPS) is 12.1. The van der Waals surface area contributed by atoms with E-state index in [-0.39, 0.29) is 22.5 Å². The summed E-state index contributed by atoms with van der Waals surface area (Å²) in [5, 5.41) is 9.58. The van der Waals surface area contributed by atoms with Crippen molar-refractivity contribution in [3.05, 3.63) is 118 Å². The van der Waals surface area contributed by atoms with Gasteiger partial charge in [0.2, 0.25) is 5.91 Å². The zero-order valence-electron chi connectivity index (χ0n) is 22.7. The van der Waals surface area contributed by atoms with Gasteiger partial charge in [-0.05, 0) is 56.2 Å². The molecular formula is C31H31FN4O4. The van der Waals surface area contributed by atoms with Crippen molar-refractivity contribution in [1.82, 2.24) is 15.1 Å². The molecule has 0 aliphatic rings. The molecule has 0 bridgehead atoms. The predicted molar refractivity (Wildman–Crippen MR) is 151 cm³/mol. The molecule has 40 heavy (non-hydrogen) atoms. The average molecular weight is 543 g/mol. The molecule has 0 aliphatic heterocycles. The van der Waals surface area contributed by atoms with Gasteiger partial charge in [0.25, 0.3) is 5.56 Å². The zero-order valence-corrected chi connectivity index (χ0v) is 22.7. The molecule has 0 saturated carbocycles. The number of nitrogens with zero attached hydrogens (tertiary/aromatic N) is 2. The molecule has 0 fully saturated rings. The van der Waals surface area contributed by atoms with Gasteiger partial charge < -0.3 is 15.4 Å². The van der Waals surface area contributed by atoms with Crippen molar-refractivity contribution in [1.29, 1.82) is 0 Å². The first-order chi connectivity index (χ1) is 19.0. The summed E-state index contributed by atoms with van der Waals surface area (Å²) >= 11 is 0. The minimum Gasteiger partial charge on any atom is -0.444 e. The van der Waals surface area contributed by atoms with Crippen LogP contribution in [0, 0.1) is 5.82 Å². The number of nitrogens with one attached hydrogen (secondary N) is 2. The van der Waals surface area contributed by atoms with Crippen molar-refractivity contribution < 1.29 is 18.7 Å². The highest BCUT2D eigenvalue weighted by atomic mass is 19.1. The quantitative estimate of drug-likeness (QED) is 0.332. The van der Waals surface area contributed by atoms with Gasteiger partial charge in [0, 0.05) is 30.3 Å². The Morgan fingerprint density at radius 1 is 0.900 bits per heavy atom. The van der Waals surface area contributed by atoms with Crippen LogP contribution in [-0.4, -0.2) is 33.4 Å². The number of hydrogen-bond acceptors (Lipinski definition) is 5. The Hall–Kier alpha value is -4.79. The summed E-state index contributed by atoms with van der Waals surface area (Å²) in [5.41, 5.74) is 1.13. The van der Waals surface area contributed by atoms with Crippen LogP contribution in [0.5, 0.6) is 0 Å². The van der Waals surface area contributed by atoms with Crippen LogP contribution in [-0.2, 0) is 16.6 Å². The first-order valence-corrected chi connectivity index (χ1v) is 12.8. The molecule has 1 aromatic heterocycles. The zero-order chi connectivity index (χ0) is 28.9. The fourth-order valence-corrected chi connectivity index (χ4v) is 4.30. The Morgan fingerprint density at radius 2 is 1.50 bits per heavy atom. The summed E-state index contributed by atoms with van der Waals surface area (Å²) in [6.07, 6.45) is -0.758. The second kappa shape index (κ2) is 11.9. The van der Waals surface area contributed by atoms with Gasteiger partial charge >= 0.3 is 6.09 Å². The van der Waals surface area contributed by atoms with Crippen LogP contribution < -0.4 is 16.2 Å². The summed E-state index contributed by atoms with van der Waals surface area (Å²) in [6.45, 7) is 5.20. The number of hydrogen-bond donors (Lipinski definition) is 2. The first-order valence-electron chi connectivity index (χ1n) is 12.8. The van der Waals surface area contributed by atoms with Gasteiger partial charge in [-0.1, -0.05) is 60.7 Å². The lowest BCUT2D eigenvalue weighted by atomic mass is 9.84. The van der Waals surface area contributed by atoms with Gasteiger partial charge in [-0.3, -0.25) is 9.59 Å². The fourth-order valence-electron chi connectivity index (χ4n) is 4.30. The van der Waals surface area contributed by atoms with E-state index in [1.165, 1.54) is 37.4 Å². The molecule has 4 rings (SSSR count). The van der Waals surface area contributed by atoms with E-state index in [4.69, 9.17) is 4.74 Å². The lowest BCUT2D eigenvalue weighted by Gasteiger charge is -2.29. The average Bonchev–Trinajstić information content (AvgIpc) is 2.90. The third-order valence-corrected chi connectivity index (χ3v) is 6.08. The number of alkyl carbamates (subject to hydrolysis) is 1. The second-order valence-corrected chi connectivity index (χ2v) is 10.3. The minimum atomic E-state index is -1.10. The molecule has 2 N–H and O–H groups in total. The first kappa shape index (κ1) is 28.2. The van der Waals surface area contributed by atoms with Gasteiger partial charge in [0.15, 0.2) is 0 Å². The Labute approximate surface area is 231 Å². The van der Waals surface area contributed by atoms with E-state index in [1.54, 1.807) is 20.8 Å². The van der Waals surface area contributed by atoms with Crippen LogP contribution in [0.4, 0.5) is 14.9 Å². The van der Waals surface area contributed by atoms with Crippen LogP contribution in [0.25, 0.3) is 11.3 Å². The summed E-state index contributed by atoms with van der Waals surface area (Å²) in [4.78, 5) is 38.4. The molecule has 9 heteroatoms. The van der Waals surface area contributed by atoms with E-state index in [0.29, 0.717) is 0 Å². The number of rotatable bonds is 7. The van der Waals surface area contributed by atoms with E-state index in [0.717, 1.165) is 15.8 Å². The van der Waals surface area contributed by atoms with Gasteiger partial charge in [0.05, 0.1) is 5.69 Å². The minimum absolute atomic E-state index is 0.170. The smallest absolute Gasteiger partial charge is 0.408 e. The Bertz CT molecular complexity index is 1510. The number of ether oxygens (including phenoxy) is 1. The summed E-state index contributed by atoms with van der Waals surface area (Å²) in [5.74, 6) is -1.77. The van der Waals surface area contributed by atoms with Crippen LogP contribution >= 0.6 is 0 Å². The van der Waals surface area contributed by atoms with Crippen LogP contribution in [0.3, 0.4) is 0 Å². The highest BCUT2D eigenvalue weighted by Crippen LogP contribution is 2.30. The maximum atomic E-state index is 15.1. The van der Waals surface area contributed by atoms with Gasteiger partial charge in [-0.2, -0.15) is 5.10 Å². The number of aryl methyl sites for hydroxylation is 1. The van der Waals surface area contributed by atoms with Crippen molar-refractivity contribution in [2.45, 2.75) is 38.3 Å². The van der Waals surface area contributed by atoms with Crippen molar-refractivity contribution in [3.8, 4) is 11.3 Å². The highest BCUT2D eigenvalue weighted by Gasteiger charge is 2.34.